The molecule has 0 amide bonds. The van der Waals surface area contributed by atoms with Crippen molar-refractivity contribution in [3.8, 4) is 0 Å². The van der Waals surface area contributed by atoms with Gasteiger partial charge in [-0.2, -0.15) is 13.2 Å². The summed E-state index contributed by atoms with van der Waals surface area (Å²) in [5.74, 6) is -5.94. The Bertz CT molecular complexity index is 308. The van der Waals surface area contributed by atoms with Crippen molar-refractivity contribution in [1.82, 2.24) is 0 Å². The molecule has 0 aliphatic heterocycles. The van der Waals surface area contributed by atoms with E-state index in [1.807, 2.05) is 0 Å². The molecule has 0 saturated carbocycles. The molecule has 2 atom stereocenters. The van der Waals surface area contributed by atoms with Crippen LogP contribution in [0.5, 0.6) is 0 Å². The number of aliphatic carboxylic acids is 1. The molecule has 8 heteroatoms. The molecule has 0 aromatic rings. The molecule has 0 saturated heterocycles. The van der Waals surface area contributed by atoms with E-state index in [1.165, 1.54) is 20.8 Å². The van der Waals surface area contributed by atoms with Gasteiger partial charge in [-0.3, -0.25) is 9.59 Å². The molecule has 0 fully saturated rings. The Kier molecular flexibility index (Phi) is 4.53. The third kappa shape index (κ3) is 5.03. The predicted molar refractivity (Wildman–Crippen MR) is 51.0 cm³/mol. The minimum Gasteiger partial charge on any atom is -0.481 e. The molecule has 3 N–H and O–H groups in total. The quantitative estimate of drug-likeness (QED) is 0.579. The number of ether oxygens (including phenoxy) is 1. The van der Waals surface area contributed by atoms with Crippen molar-refractivity contribution in [2.45, 2.75) is 38.6 Å². The molecule has 0 aliphatic rings. The molecule has 2 unspecified atom stereocenters. The summed E-state index contributed by atoms with van der Waals surface area (Å²) < 4.78 is 41.3. The third-order valence-electron chi connectivity index (χ3n) is 1.66. The summed E-state index contributed by atoms with van der Waals surface area (Å²) in [6, 6.07) is -2.80. The Hall–Kier alpha value is -1.31. The smallest absolute Gasteiger partial charge is 0.405 e. The van der Waals surface area contributed by atoms with Gasteiger partial charge in [0.25, 0.3) is 0 Å². The average molecular weight is 257 g/mol. The predicted octanol–water partition coefficient (Wildman–Crippen LogP) is 0.918. The number of carbonyl (C=O) groups is 2. The number of carboxylic acid groups (broad SMARTS) is 1. The summed E-state index contributed by atoms with van der Waals surface area (Å²) in [6.45, 7) is 4.22. The summed E-state index contributed by atoms with van der Waals surface area (Å²) in [5.41, 5.74) is 3.62. The molecule has 0 rings (SSSR count). The van der Waals surface area contributed by atoms with Crippen molar-refractivity contribution >= 4 is 11.9 Å². The van der Waals surface area contributed by atoms with Crippen LogP contribution in [0.25, 0.3) is 0 Å². The maximum absolute atomic E-state index is 12.3. The lowest BCUT2D eigenvalue weighted by Gasteiger charge is -2.25. The van der Waals surface area contributed by atoms with Crippen molar-refractivity contribution in [2.75, 3.05) is 0 Å². The summed E-state index contributed by atoms with van der Waals surface area (Å²) in [4.78, 5) is 21.9. The third-order valence-corrected chi connectivity index (χ3v) is 1.66. The van der Waals surface area contributed by atoms with E-state index in [9.17, 15) is 22.8 Å². The zero-order valence-electron chi connectivity index (χ0n) is 9.54. The van der Waals surface area contributed by atoms with Gasteiger partial charge in [0.15, 0.2) is 5.92 Å². The van der Waals surface area contributed by atoms with Gasteiger partial charge in [0, 0.05) is 0 Å². The van der Waals surface area contributed by atoms with Crippen LogP contribution in [0.15, 0.2) is 0 Å². The Labute approximate surface area is 95.7 Å². The van der Waals surface area contributed by atoms with Gasteiger partial charge in [0.05, 0.1) is 0 Å². The molecule has 0 aliphatic carbocycles. The molecule has 0 spiro atoms. The van der Waals surface area contributed by atoms with E-state index >= 15 is 0 Å². The van der Waals surface area contributed by atoms with Gasteiger partial charge in [-0.1, -0.05) is 0 Å². The molecule has 100 valence electrons. The lowest BCUT2D eigenvalue weighted by molar-refractivity contribution is -0.189. The Morgan fingerprint density at radius 3 is 1.88 bits per heavy atom. The highest BCUT2D eigenvalue weighted by atomic mass is 19.4. The van der Waals surface area contributed by atoms with Crippen molar-refractivity contribution in [3.63, 3.8) is 0 Å². The molecule has 0 heterocycles. The molecule has 0 bridgehead atoms. The lowest BCUT2D eigenvalue weighted by Crippen LogP contribution is -2.51. The second kappa shape index (κ2) is 4.91. The van der Waals surface area contributed by atoms with Crippen LogP contribution in [0.3, 0.4) is 0 Å². The number of nitrogens with two attached hydrogens (primary N) is 1. The number of carbonyl (C=O) groups excluding carboxylic acids is 1. The van der Waals surface area contributed by atoms with Crippen LogP contribution < -0.4 is 5.73 Å². The fraction of sp³-hybridized carbons (Fsp3) is 0.778. The van der Waals surface area contributed by atoms with Crippen molar-refractivity contribution < 1.29 is 32.6 Å². The van der Waals surface area contributed by atoms with E-state index in [-0.39, 0.29) is 0 Å². The van der Waals surface area contributed by atoms with Gasteiger partial charge in [0.2, 0.25) is 0 Å². The molecular formula is C9H14F3NO4. The number of halogens is 3. The van der Waals surface area contributed by atoms with E-state index in [2.05, 4.69) is 4.74 Å². The molecule has 0 aromatic heterocycles. The zero-order valence-corrected chi connectivity index (χ0v) is 9.54. The van der Waals surface area contributed by atoms with Crippen LogP contribution in [0.2, 0.25) is 0 Å². The Morgan fingerprint density at radius 1 is 1.24 bits per heavy atom. The Balaban J connectivity index is 5.01. The van der Waals surface area contributed by atoms with Gasteiger partial charge in [-0.05, 0) is 20.8 Å². The summed E-state index contributed by atoms with van der Waals surface area (Å²) >= 11 is 0. The van der Waals surface area contributed by atoms with Crippen LogP contribution >= 0.6 is 0 Å². The molecular weight excluding hydrogens is 243 g/mol. The van der Waals surface area contributed by atoms with Crippen LogP contribution in [0.1, 0.15) is 20.8 Å². The summed E-state index contributed by atoms with van der Waals surface area (Å²) in [6.07, 6.45) is -4.99. The summed E-state index contributed by atoms with van der Waals surface area (Å²) in [7, 11) is 0. The van der Waals surface area contributed by atoms with E-state index in [0.717, 1.165) is 0 Å². The number of hydrogen-bond donors (Lipinski definition) is 2. The molecule has 5 nitrogen and oxygen atoms in total. The van der Waals surface area contributed by atoms with Crippen molar-refractivity contribution in [3.05, 3.63) is 0 Å². The maximum Gasteiger partial charge on any atom is 0.405 e. The first kappa shape index (κ1) is 15.7. The van der Waals surface area contributed by atoms with Crippen LogP contribution in [0, 0.1) is 5.92 Å². The van der Waals surface area contributed by atoms with Crippen molar-refractivity contribution in [1.29, 1.82) is 0 Å². The maximum atomic E-state index is 12.3. The Morgan fingerprint density at radius 2 is 1.65 bits per heavy atom. The van der Waals surface area contributed by atoms with E-state index in [0.29, 0.717) is 0 Å². The van der Waals surface area contributed by atoms with Crippen molar-refractivity contribution in [2.24, 2.45) is 11.7 Å². The molecule has 17 heavy (non-hydrogen) atoms. The highest BCUT2D eigenvalue weighted by Gasteiger charge is 2.50. The first-order valence-electron chi connectivity index (χ1n) is 4.64. The average Bonchev–Trinajstić information content (AvgIpc) is 1.97. The zero-order chi connectivity index (χ0) is 14.0. The summed E-state index contributed by atoms with van der Waals surface area (Å²) in [5, 5.41) is 8.59. The highest BCUT2D eigenvalue weighted by molar-refractivity contribution is 5.95. The standard InChI is InChI=1S/C9H14F3NO4/c1-8(2,3)17-7(16)4(6(14)15)5(13)9(10,11)12/h4-5H,13H2,1-3H3,(H,14,15). The van der Waals surface area contributed by atoms with Crippen LogP contribution in [-0.2, 0) is 14.3 Å². The minimum atomic E-state index is -4.99. The topological polar surface area (TPSA) is 89.6 Å². The first-order valence-corrected chi connectivity index (χ1v) is 4.64. The number of esters is 1. The highest BCUT2D eigenvalue weighted by Crippen LogP contribution is 2.26. The SMILES string of the molecule is CC(C)(C)OC(=O)C(C(=O)O)C(N)C(F)(F)F. The second-order valence-electron chi connectivity index (χ2n) is 4.42. The first-order chi connectivity index (χ1) is 7.36. The largest absolute Gasteiger partial charge is 0.481 e. The van der Waals surface area contributed by atoms with Gasteiger partial charge in [-0.15, -0.1) is 0 Å². The van der Waals surface area contributed by atoms with Gasteiger partial charge >= 0.3 is 18.1 Å². The normalized spacial score (nSPS) is 16.2. The number of rotatable bonds is 3. The van der Waals surface area contributed by atoms with E-state index in [1.54, 1.807) is 0 Å². The molecule has 0 aromatic carbocycles. The number of alkyl halides is 3. The van der Waals surface area contributed by atoms with Gasteiger partial charge < -0.3 is 15.6 Å². The van der Waals surface area contributed by atoms with Crippen LogP contribution in [0.4, 0.5) is 13.2 Å². The monoisotopic (exact) mass is 257 g/mol. The number of hydrogen-bond acceptors (Lipinski definition) is 4. The fourth-order valence-electron chi connectivity index (χ4n) is 0.955. The van der Waals surface area contributed by atoms with Crippen LogP contribution in [-0.4, -0.2) is 34.9 Å². The van der Waals surface area contributed by atoms with E-state index < -0.39 is 35.7 Å². The second-order valence-corrected chi connectivity index (χ2v) is 4.42. The lowest BCUT2D eigenvalue weighted by atomic mass is 10.00. The number of carboxylic acids is 1. The minimum absolute atomic E-state index is 1.09. The van der Waals surface area contributed by atoms with E-state index in [4.69, 9.17) is 10.8 Å². The molecule has 0 radical (unpaired) electrons. The van der Waals surface area contributed by atoms with Gasteiger partial charge in [-0.25, -0.2) is 0 Å². The van der Waals surface area contributed by atoms with Gasteiger partial charge in [0.1, 0.15) is 11.6 Å². The fourth-order valence-corrected chi connectivity index (χ4v) is 0.955.